The van der Waals surface area contributed by atoms with Crippen LogP contribution in [0, 0.1) is 11.3 Å². The van der Waals surface area contributed by atoms with Crippen molar-refractivity contribution in [1.82, 2.24) is 10.2 Å². The van der Waals surface area contributed by atoms with E-state index in [1.165, 1.54) is 0 Å². The number of hydrogen-bond donors (Lipinski definition) is 2. The lowest BCUT2D eigenvalue weighted by Crippen LogP contribution is -2.54. The summed E-state index contributed by atoms with van der Waals surface area (Å²) in [5.41, 5.74) is 6.20. The van der Waals surface area contributed by atoms with E-state index in [-0.39, 0.29) is 35.8 Å². The molecule has 114 valence electrons. The summed E-state index contributed by atoms with van der Waals surface area (Å²) in [6.07, 6.45) is 0.972. The summed E-state index contributed by atoms with van der Waals surface area (Å²) >= 11 is 0. The van der Waals surface area contributed by atoms with Crippen molar-refractivity contribution in [1.29, 1.82) is 0 Å². The zero-order valence-corrected chi connectivity index (χ0v) is 13.7. The first kappa shape index (κ1) is 18.7. The van der Waals surface area contributed by atoms with Crippen LogP contribution < -0.4 is 11.1 Å². The van der Waals surface area contributed by atoms with Gasteiger partial charge >= 0.3 is 0 Å². The van der Waals surface area contributed by atoms with Gasteiger partial charge in [0.15, 0.2) is 0 Å². The van der Waals surface area contributed by atoms with Gasteiger partial charge in [-0.3, -0.25) is 9.69 Å². The highest BCUT2D eigenvalue weighted by atomic mass is 35.5. The van der Waals surface area contributed by atoms with E-state index in [2.05, 4.69) is 44.8 Å². The first-order valence-electron chi connectivity index (χ1n) is 6.99. The van der Waals surface area contributed by atoms with E-state index < -0.39 is 0 Å². The molecule has 0 bridgehead atoms. The lowest BCUT2D eigenvalue weighted by molar-refractivity contribution is -0.123. The first-order chi connectivity index (χ1) is 8.22. The van der Waals surface area contributed by atoms with Crippen molar-refractivity contribution in [2.45, 2.75) is 53.1 Å². The number of piperidine rings is 1. The molecule has 5 heteroatoms. The smallest absolute Gasteiger partial charge is 0.234 e. The van der Waals surface area contributed by atoms with Crippen LogP contribution in [0.5, 0.6) is 0 Å². The van der Waals surface area contributed by atoms with Crippen LogP contribution in [-0.4, -0.2) is 42.5 Å². The molecule has 1 saturated heterocycles. The maximum Gasteiger partial charge on any atom is 0.234 e. The van der Waals surface area contributed by atoms with Crippen LogP contribution in [0.25, 0.3) is 0 Å². The average molecular weight is 292 g/mol. The van der Waals surface area contributed by atoms with Crippen LogP contribution >= 0.6 is 12.4 Å². The summed E-state index contributed by atoms with van der Waals surface area (Å²) in [5.74, 6) is 0.600. The predicted molar refractivity (Wildman–Crippen MR) is 82.5 cm³/mol. The van der Waals surface area contributed by atoms with Gasteiger partial charge in [0.25, 0.3) is 0 Å². The summed E-state index contributed by atoms with van der Waals surface area (Å²) in [5, 5.41) is 3.05. The Morgan fingerprint density at radius 1 is 1.42 bits per heavy atom. The van der Waals surface area contributed by atoms with E-state index >= 15 is 0 Å². The topological polar surface area (TPSA) is 58.4 Å². The Morgan fingerprint density at radius 3 is 2.47 bits per heavy atom. The van der Waals surface area contributed by atoms with Crippen molar-refractivity contribution in [3.05, 3.63) is 0 Å². The van der Waals surface area contributed by atoms with Gasteiger partial charge in [0.2, 0.25) is 5.91 Å². The molecule has 2 atom stereocenters. The van der Waals surface area contributed by atoms with Gasteiger partial charge in [0.1, 0.15) is 0 Å². The minimum atomic E-state index is 0. The quantitative estimate of drug-likeness (QED) is 0.828. The van der Waals surface area contributed by atoms with Gasteiger partial charge in [0.05, 0.1) is 6.54 Å². The third-order valence-electron chi connectivity index (χ3n) is 4.15. The van der Waals surface area contributed by atoms with Crippen LogP contribution in [0.1, 0.15) is 41.0 Å². The van der Waals surface area contributed by atoms with Gasteiger partial charge in [-0.1, -0.05) is 27.7 Å². The number of halogens is 1. The van der Waals surface area contributed by atoms with E-state index in [0.29, 0.717) is 12.5 Å². The molecule has 0 aromatic heterocycles. The maximum atomic E-state index is 11.9. The predicted octanol–water partition coefficient (Wildman–Crippen LogP) is 1.63. The molecule has 1 aliphatic rings. The van der Waals surface area contributed by atoms with Crippen molar-refractivity contribution in [2.24, 2.45) is 17.1 Å². The molecule has 0 aromatic rings. The minimum Gasteiger partial charge on any atom is -0.352 e. The van der Waals surface area contributed by atoms with Gasteiger partial charge in [-0.25, -0.2) is 0 Å². The number of likely N-dealkylation sites (tertiary alicyclic amines) is 1. The number of nitrogens with two attached hydrogens (primary N) is 1. The number of carbonyl (C=O) groups is 1. The van der Waals surface area contributed by atoms with Crippen LogP contribution in [0.15, 0.2) is 0 Å². The Kier molecular flexibility index (Phi) is 7.33. The molecule has 0 aliphatic carbocycles. The number of nitrogens with one attached hydrogen (secondary N) is 1. The van der Waals surface area contributed by atoms with Gasteiger partial charge < -0.3 is 11.1 Å². The Bertz CT molecular complexity index is 294. The van der Waals surface area contributed by atoms with Gasteiger partial charge in [-0.2, -0.15) is 0 Å². The number of nitrogens with zero attached hydrogens (tertiary/aromatic N) is 1. The molecule has 1 rings (SSSR count). The third-order valence-corrected chi connectivity index (χ3v) is 4.15. The summed E-state index contributed by atoms with van der Waals surface area (Å²) < 4.78 is 0. The highest BCUT2D eigenvalue weighted by Crippen LogP contribution is 2.27. The second kappa shape index (κ2) is 7.46. The molecule has 0 spiro atoms. The summed E-state index contributed by atoms with van der Waals surface area (Å²) in [6, 6.07) is 0.476. The fraction of sp³-hybridized carbons (Fsp3) is 0.929. The third kappa shape index (κ3) is 5.67. The van der Waals surface area contributed by atoms with Crippen LogP contribution in [0.2, 0.25) is 0 Å². The summed E-state index contributed by atoms with van der Waals surface area (Å²) in [6.45, 7) is 13.0. The van der Waals surface area contributed by atoms with E-state index in [0.717, 1.165) is 19.5 Å². The zero-order chi connectivity index (χ0) is 13.9. The molecule has 1 fully saturated rings. The van der Waals surface area contributed by atoms with Gasteiger partial charge in [0, 0.05) is 25.2 Å². The van der Waals surface area contributed by atoms with Crippen LogP contribution in [0.3, 0.4) is 0 Å². The maximum absolute atomic E-state index is 11.9. The molecular weight excluding hydrogens is 262 g/mol. The summed E-state index contributed by atoms with van der Waals surface area (Å²) in [7, 11) is 0. The molecule has 3 N–H and O–H groups in total. The Morgan fingerprint density at radius 2 is 2.00 bits per heavy atom. The SMILES string of the molecule is CC(C)C(C)NC(=O)CN1CCC(N)C(C)(C)C1.Cl. The molecule has 1 aliphatic heterocycles. The molecule has 4 nitrogen and oxygen atoms in total. The Hall–Kier alpha value is -0.320. The first-order valence-corrected chi connectivity index (χ1v) is 6.99. The van der Waals surface area contributed by atoms with Crippen molar-refractivity contribution < 1.29 is 4.79 Å². The van der Waals surface area contributed by atoms with E-state index in [1.807, 2.05) is 0 Å². The zero-order valence-electron chi connectivity index (χ0n) is 12.9. The lowest BCUT2D eigenvalue weighted by atomic mass is 9.80. The van der Waals surface area contributed by atoms with Crippen molar-refractivity contribution >= 4 is 18.3 Å². The number of hydrogen-bond acceptors (Lipinski definition) is 3. The van der Waals surface area contributed by atoms with Crippen LogP contribution in [-0.2, 0) is 4.79 Å². The van der Waals surface area contributed by atoms with E-state index in [4.69, 9.17) is 5.73 Å². The van der Waals surface area contributed by atoms with Crippen LogP contribution in [0.4, 0.5) is 0 Å². The van der Waals surface area contributed by atoms with Gasteiger partial charge in [-0.15, -0.1) is 12.4 Å². The lowest BCUT2D eigenvalue weighted by Gasteiger charge is -2.42. The van der Waals surface area contributed by atoms with Crippen molar-refractivity contribution in [3.63, 3.8) is 0 Å². The monoisotopic (exact) mass is 291 g/mol. The van der Waals surface area contributed by atoms with E-state index in [1.54, 1.807) is 0 Å². The second-order valence-electron chi connectivity index (χ2n) is 6.69. The molecular formula is C14H30ClN3O. The molecule has 2 unspecified atom stereocenters. The van der Waals surface area contributed by atoms with Gasteiger partial charge in [-0.05, 0) is 24.7 Å². The standard InChI is InChI=1S/C14H29N3O.ClH/c1-10(2)11(3)16-13(18)8-17-7-6-12(15)14(4,5)9-17;/h10-12H,6-9,15H2,1-5H3,(H,16,18);1H. The van der Waals surface area contributed by atoms with E-state index in [9.17, 15) is 4.79 Å². The molecule has 0 saturated carbocycles. The summed E-state index contributed by atoms with van der Waals surface area (Å²) in [4.78, 5) is 14.1. The molecule has 19 heavy (non-hydrogen) atoms. The second-order valence-corrected chi connectivity index (χ2v) is 6.69. The number of rotatable bonds is 4. The highest BCUT2D eigenvalue weighted by molar-refractivity contribution is 5.85. The molecule has 0 radical (unpaired) electrons. The normalized spacial score (nSPS) is 24.7. The number of amides is 1. The van der Waals surface area contributed by atoms with Crippen molar-refractivity contribution in [3.8, 4) is 0 Å². The minimum absolute atomic E-state index is 0. The van der Waals surface area contributed by atoms with Crippen molar-refractivity contribution in [2.75, 3.05) is 19.6 Å². The number of carbonyl (C=O) groups excluding carboxylic acids is 1. The fourth-order valence-corrected chi connectivity index (χ4v) is 2.29. The Labute approximate surface area is 123 Å². The highest BCUT2D eigenvalue weighted by Gasteiger charge is 2.33. The Balaban J connectivity index is 0.00000324. The molecule has 0 aromatic carbocycles. The fourth-order valence-electron chi connectivity index (χ4n) is 2.29. The largest absolute Gasteiger partial charge is 0.352 e. The molecule has 1 heterocycles. The molecule has 1 amide bonds. The average Bonchev–Trinajstić information content (AvgIpc) is 2.22.